The highest BCUT2D eigenvalue weighted by Gasteiger charge is 2.36. The fraction of sp³-hybridized carbons (Fsp3) is 0.381. The third kappa shape index (κ3) is 7.29. The van der Waals surface area contributed by atoms with Gasteiger partial charge in [-0.1, -0.05) is 6.07 Å². The summed E-state index contributed by atoms with van der Waals surface area (Å²) < 4.78 is 101. The lowest BCUT2D eigenvalue weighted by Gasteiger charge is -2.34. The van der Waals surface area contributed by atoms with E-state index >= 15 is 0 Å². The molecule has 0 bridgehead atoms. The zero-order valence-electron chi connectivity index (χ0n) is 17.7. The Hall–Kier alpha value is -2.93. The van der Waals surface area contributed by atoms with Gasteiger partial charge in [0.25, 0.3) is 0 Å². The van der Waals surface area contributed by atoms with Gasteiger partial charge in [0, 0.05) is 37.8 Å². The van der Waals surface area contributed by atoms with E-state index in [0.717, 1.165) is 17.0 Å². The van der Waals surface area contributed by atoms with Crippen molar-refractivity contribution in [3.8, 4) is 0 Å². The van der Waals surface area contributed by atoms with Gasteiger partial charge in [-0.2, -0.15) is 26.3 Å². The summed E-state index contributed by atoms with van der Waals surface area (Å²) in [7, 11) is 1.44. The molecule has 188 valence electrons. The van der Waals surface area contributed by atoms with Crippen molar-refractivity contribution in [3.63, 3.8) is 0 Å². The minimum Gasteiger partial charge on any atom is -0.465 e. The number of hydrogen-bond donors (Lipinski definition) is 3. The summed E-state index contributed by atoms with van der Waals surface area (Å²) in [4.78, 5) is 12.2. The zero-order valence-corrected chi connectivity index (χ0v) is 17.7. The number of nitrogens with zero attached hydrogens (tertiary/aromatic N) is 1. The Morgan fingerprint density at radius 3 is 2.12 bits per heavy atom. The Balaban J connectivity index is 0.000000240. The predicted molar refractivity (Wildman–Crippen MR) is 106 cm³/mol. The van der Waals surface area contributed by atoms with Crippen LogP contribution >= 0.6 is 0 Å². The summed E-state index contributed by atoms with van der Waals surface area (Å²) in [5, 5.41) is 14.5. The molecule has 2 aromatic rings. The van der Waals surface area contributed by atoms with E-state index < -0.39 is 47.2 Å². The van der Waals surface area contributed by atoms with E-state index in [9.17, 15) is 39.9 Å². The van der Waals surface area contributed by atoms with Gasteiger partial charge in [0.1, 0.15) is 11.6 Å². The van der Waals surface area contributed by atoms with E-state index in [1.165, 1.54) is 13.1 Å². The first-order chi connectivity index (χ1) is 15.7. The first-order valence-corrected chi connectivity index (χ1v) is 9.82. The molecule has 2 aromatic carbocycles. The lowest BCUT2D eigenvalue weighted by atomic mass is 10.0. The fourth-order valence-electron chi connectivity index (χ4n) is 3.31. The summed E-state index contributed by atoms with van der Waals surface area (Å²) in [6.07, 6.45) is -10.7. The van der Waals surface area contributed by atoms with Crippen molar-refractivity contribution in [2.75, 3.05) is 26.7 Å². The second-order valence-electron chi connectivity index (χ2n) is 7.31. The van der Waals surface area contributed by atoms with Crippen molar-refractivity contribution in [1.29, 1.82) is 0 Å². The Morgan fingerprint density at radius 1 is 1.06 bits per heavy atom. The SMILES string of the molecule is CNCc1cc(C(F)(F)F)cc(C(F)(F)F)c1.O=C(O)N1CCNCC1c1ccc(F)cc1F. The van der Waals surface area contributed by atoms with Gasteiger partial charge in [0.15, 0.2) is 0 Å². The predicted octanol–water partition coefficient (Wildman–Crippen LogP) is 5.03. The number of carboxylic acid groups (broad SMARTS) is 1. The summed E-state index contributed by atoms with van der Waals surface area (Å²) >= 11 is 0. The third-order valence-corrected chi connectivity index (χ3v) is 4.84. The first-order valence-electron chi connectivity index (χ1n) is 9.82. The number of hydrogen-bond acceptors (Lipinski definition) is 3. The van der Waals surface area contributed by atoms with Crippen LogP contribution in [0.15, 0.2) is 36.4 Å². The minimum atomic E-state index is -4.79. The number of piperazine rings is 1. The van der Waals surface area contributed by atoms with E-state index in [2.05, 4.69) is 10.6 Å². The maximum Gasteiger partial charge on any atom is 0.416 e. The van der Waals surface area contributed by atoms with E-state index in [-0.39, 0.29) is 30.3 Å². The molecule has 1 unspecified atom stereocenters. The number of benzene rings is 2. The minimum absolute atomic E-state index is 0.0605. The summed E-state index contributed by atoms with van der Waals surface area (Å²) in [5.41, 5.74) is -2.45. The standard InChI is InChI=1S/C11H12F2N2O2.C10H9F6N/c12-7-1-2-8(9(13)5-7)10-6-14-3-4-15(10)11(16)17;1-17-5-6-2-7(9(11,12)13)4-8(3-6)10(14,15)16/h1-2,5,10,14H,3-4,6H2,(H,16,17);2-4,17H,5H2,1H3. The van der Waals surface area contributed by atoms with E-state index in [4.69, 9.17) is 5.11 Å². The van der Waals surface area contributed by atoms with E-state index in [1.54, 1.807) is 0 Å². The van der Waals surface area contributed by atoms with Gasteiger partial charge in [-0.3, -0.25) is 4.90 Å². The number of halogens is 8. The van der Waals surface area contributed by atoms with Gasteiger partial charge < -0.3 is 15.7 Å². The summed E-state index contributed by atoms with van der Waals surface area (Å²) in [5.74, 6) is -1.39. The summed E-state index contributed by atoms with van der Waals surface area (Å²) in [6, 6.07) is 4.09. The van der Waals surface area contributed by atoms with Crippen molar-refractivity contribution in [2.24, 2.45) is 0 Å². The molecule has 3 N–H and O–H groups in total. The molecule has 0 spiro atoms. The molecule has 0 aliphatic carbocycles. The Kier molecular flexibility index (Phi) is 8.83. The van der Waals surface area contributed by atoms with Gasteiger partial charge in [-0.05, 0) is 36.9 Å². The van der Waals surface area contributed by atoms with Gasteiger partial charge in [0.2, 0.25) is 0 Å². The van der Waals surface area contributed by atoms with Gasteiger partial charge in [-0.25, -0.2) is 13.6 Å². The molecule has 5 nitrogen and oxygen atoms in total. The quantitative estimate of drug-likeness (QED) is 0.519. The molecule has 1 heterocycles. The highest BCUT2D eigenvalue weighted by Crippen LogP contribution is 2.36. The van der Waals surface area contributed by atoms with Crippen molar-refractivity contribution in [2.45, 2.75) is 24.9 Å². The Labute approximate surface area is 189 Å². The number of rotatable bonds is 3. The van der Waals surface area contributed by atoms with E-state index in [1.807, 2.05) is 0 Å². The zero-order chi connectivity index (χ0) is 25.7. The monoisotopic (exact) mass is 499 g/mol. The fourth-order valence-corrected chi connectivity index (χ4v) is 3.31. The normalized spacial score (nSPS) is 16.6. The first kappa shape index (κ1) is 27.3. The molecule has 0 radical (unpaired) electrons. The molecule has 13 heteroatoms. The molecule has 1 aliphatic heterocycles. The Bertz CT molecular complexity index is 963. The topological polar surface area (TPSA) is 64.6 Å². The van der Waals surface area contributed by atoms with Crippen LogP contribution in [-0.4, -0.2) is 42.8 Å². The van der Waals surface area contributed by atoms with Crippen molar-refractivity contribution in [1.82, 2.24) is 15.5 Å². The molecule has 1 amide bonds. The van der Waals surface area contributed by atoms with Crippen LogP contribution in [0, 0.1) is 11.6 Å². The lowest BCUT2D eigenvalue weighted by molar-refractivity contribution is -0.143. The van der Waals surface area contributed by atoms with E-state index in [0.29, 0.717) is 25.2 Å². The van der Waals surface area contributed by atoms with Crippen molar-refractivity contribution < 1.29 is 45.0 Å². The molecule has 1 fully saturated rings. The molecule has 1 atom stereocenters. The Morgan fingerprint density at radius 2 is 1.65 bits per heavy atom. The van der Waals surface area contributed by atoms with Crippen LogP contribution in [0.25, 0.3) is 0 Å². The van der Waals surface area contributed by atoms with Crippen LogP contribution in [0.1, 0.15) is 28.3 Å². The van der Waals surface area contributed by atoms with Gasteiger partial charge in [0.05, 0.1) is 17.2 Å². The third-order valence-electron chi connectivity index (χ3n) is 4.84. The summed E-state index contributed by atoms with van der Waals surface area (Å²) in [6.45, 7) is 1.09. The van der Waals surface area contributed by atoms with Crippen LogP contribution < -0.4 is 10.6 Å². The van der Waals surface area contributed by atoms with Gasteiger partial charge in [-0.15, -0.1) is 0 Å². The number of amides is 1. The molecule has 0 saturated carbocycles. The smallest absolute Gasteiger partial charge is 0.416 e. The van der Waals surface area contributed by atoms with Crippen LogP contribution in [0.5, 0.6) is 0 Å². The van der Waals surface area contributed by atoms with Crippen LogP contribution in [0.3, 0.4) is 0 Å². The van der Waals surface area contributed by atoms with Crippen molar-refractivity contribution in [3.05, 3.63) is 70.3 Å². The largest absolute Gasteiger partial charge is 0.465 e. The molecular weight excluding hydrogens is 478 g/mol. The molecular formula is C21H21F8N3O2. The lowest BCUT2D eigenvalue weighted by Crippen LogP contribution is -2.48. The second kappa shape index (κ2) is 11.0. The maximum atomic E-state index is 13.6. The molecule has 0 aromatic heterocycles. The maximum absolute atomic E-state index is 13.6. The number of nitrogens with one attached hydrogen (secondary N) is 2. The van der Waals surface area contributed by atoms with Crippen LogP contribution in [-0.2, 0) is 18.9 Å². The average Bonchev–Trinajstić information content (AvgIpc) is 2.73. The highest BCUT2D eigenvalue weighted by molar-refractivity contribution is 5.66. The molecule has 34 heavy (non-hydrogen) atoms. The highest BCUT2D eigenvalue weighted by atomic mass is 19.4. The number of alkyl halides is 6. The van der Waals surface area contributed by atoms with Crippen molar-refractivity contribution >= 4 is 6.09 Å². The van der Waals surface area contributed by atoms with Crippen LogP contribution in [0.4, 0.5) is 39.9 Å². The number of carbonyl (C=O) groups is 1. The van der Waals surface area contributed by atoms with Gasteiger partial charge >= 0.3 is 18.4 Å². The molecule has 1 saturated heterocycles. The second-order valence-corrected chi connectivity index (χ2v) is 7.31. The van der Waals surface area contributed by atoms with Crippen LogP contribution in [0.2, 0.25) is 0 Å². The average molecular weight is 499 g/mol. The molecule has 3 rings (SSSR count). The molecule has 1 aliphatic rings.